The first kappa shape index (κ1) is 10.9. The number of hydrogen-bond acceptors (Lipinski definition) is 6. The molecule has 17 heavy (non-hydrogen) atoms. The number of carbonyl (C=O) groups is 2. The van der Waals surface area contributed by atoms with Crippen molar-refractivity contribution in [3.63, 3.8) is 0 Å². The molecule has 88 valence electrons. The van der Waals surface area contributed by atoms with Crippen LogP contribution < -0.4 is 5.32 Å². The van der Waals surface area contributed by atoms with Gasteiger partial charge in [0.25, 0.3) is 5.91 Å². The molecule has 0 bridgehead atoms. The predicted octanol–water partition coefficient (Wildman–Crippen LogP) is 0.922. The van der Waals surface area contributed by atoms with Crippen LogP contribution in [0.1, 0.15) is 27.0 Å². The van der Waals surface area contributed by atoms with E-state index in [0.29, 0.717) is 5.89 Å². The number of hydrogen-bond donors (Lipinski definition) is 2. The monoisotopic (exact) mass is 237 g/mol. The summed E-state index contributed by atoms with van der Waals surface area (Å²) in [5.41, 5.74) is 0. The van der Waals surface area contributed by atoms with Crippen molar-refractivity contribution in [1.29, 1.82) is 0 Å². The van der Waals surface area contributed by atoms with Gasteiger partial charge in [-0.3, -0.25) is 10.1 Å². The van der Waals surface area contributed by atoms with Gasteiger partial charge in [0.2, 0.25) is 11.7 Å². The Kier molecular flexibility index (Phi) is 2.61. The Bertz CT molecular complexity index is 571. The van der Waals surface area contributed by atoms with Gasteiger partial charge in [-0.1, -0.05) is 5.10 Å². The van der Waals surface area contributed by atoms with Crippen molar-refractivity contribution in [3.05, 3.63) is 29.5 Å². The molecule has 1 amide bonds. The molecular formula is C9H7N3O5. The van der Waals surface area contributed by atoms with E-state index in [1.165, 1.54) is 12.1 Å². The maximum atomic E-state index is 11.5. The summed E-state index contributed by atoms with van der Waals surface area (Å²) >= 11 is 0. The summed E-state index contributed by atoms with van der Waals surface area (Å²) in [5, 5.41) is 17.9. The summed E-state index contributed by atoms with van der Waals surface area (Å²) in [6, 6.07) is 2.33. The molecule has 0 aliphatic rings. The third kappa shape index (κ3) is 2.30. The van der Waals surface area contributed by atoms with Crippen LogP contribution in [-0.2, 0) is 0 Å². The van der Waals surface area contributed by atoms with Gasteiger partial charge in [-0.2, -0.15) is 0 Å². The molecule has 2 aromatic rings. The molecule has 0 saturated carbocycles. The molecule has 0 aliphatic heterocycles. The maximum Gasteiger partial charge on any atom is 0.371 e. The second-order valence-electron chi connectivity index (χ2n) is 3.05. The van der Waals surface area contributed by atoms with Crippen LogP contribution in [0.5, 0.6) is 0 Å². The average Bonchev–Trinajstić information content (AvgIpc) is 2.86. The summed E-state index contributed by atoms with van der Waals surface area (Å²) in [4.78, 5) is 22.1. The molecule has 8 heteroatoms. The van der Waals surface area contributed by atoms with Crippen LogP contribution >= 0.6 is 0 Å². The van der Waals surface area contributed by atoms with Crippen LogP contribution in [0.4, 0.5) is 6.01 Å². The van der Waals surface area contributed by atoms with E-state index in [1.807, 2.05) is 0 Å². The second kappa shape index (κ2) is 4.08. The number of rotatable bonds is 3. The van der Waals surface area contributed by atoms with Crippen LogP contribution in [0.2, 0.25) is 0 Å². The fourth-order valence-electron chi connectivity index (χ4n) is 1.08. The summed E-state index contributed by atoms with van der Waals surface area (Å²) in [7, 11) is 0. The van der Waals surface area contributed by atoms with Crippen molar-refractivity contribution in [2.75, 3.05) is 5.32 Å². The molecule has 0 saturated heterocycles. The fraction of sp³-hybridized carbons (Fsp3) is 0.111. The van der Waals surface area contributed by atoms with E-state index in [2.05, 4.69) is 15.5 Å². The van der Waals surface area contributed by atoms with E-state index in [4.69, 9.17) is 13.9 Å². The van der Waals surface area contributed by atoms with E-state index in [0.717, 1.165) is 0 Å². The molecule has 8 nitrogen and oxygen atoms in total. The van der Waals surface area contributed by atoms with E-state index in [1.54, 1.807) is 6.92 Å². The van der Waals surface area contributed by atoms with E-state index in [9.17, 15) is 9.59 Å². The number of furan rings is 1. The van der Waals surface area contributed by atoms with E-state index < -0.39 is 11.9 Å². The number of carbonyl (C=O) groups excluding carboxylic acids is 1. The number of aryl methyl sites for hydroxylation is 1. The normalized spacial score (nSPS) is 10.2. The Hall–Kier alpha value is -2.64. The Morgan fingerprint density at radius 3 is 2.47 bits per heavy atom. The Labute approximate surface area is 94.2 Å². The lowest BCUT2D eigenvalue weighted by Crippen LogP contribution is -2.11. The number of amides is 1. The summed E-state index contributed by atoms with van der Waals surface area (Å²) in [5.74, 6) is -2.10. The van der Waals surface area contributed by atoms with Gasteiger partial charge in [0.15, 0.2) is 5.76 Å². The minimum atomic E-state index is -1.25. The van der Waals surface area contributed by atoms with Crippen molar-refractivity contribution < 1.29 is 23.5 Å². The highest BCUT2D eigenvalue weighted by Crippen LogP contribution is 2.11. The summed E-state index contributed by atoms with van der Waals surface area (Å²) in [6.45, 7) is 1.57. The van der Waals surface area contributed by atoms with Gasteiger partial charge < -0.3 is 13.9 Å². The molecule has 2 N–H and O–H groups in total. The lowest BCUT2D eigenvalue weighted by molar-refractivity contribution is 0.0660. The lowest BCUT2D eigenvalue weighted by atomic mass is 10.4. The Morgan fingerprint density at radius 2 is 1.94 bits per heavy atom. The number of aromatic nitrogens is 2. The molecule has 0 fully saturated rings. The van der Waals surface area contributed by atoms with Gasteiger partial charge in [-0.15, -0.1) is 5.10 Å². The average molecular weight is 237 g/mol. The van der Waals surface area contributed by atoms with Crippen LogP contribution in [0.3, 0.4) is 0 Å². The second-order valence-corrected chi connectivity index (χ2v) is 3.05. The van der Waals surface area contributed by atoms with Gasteiger partial charge in [-0.05, 0) is 12.1 Å². The maximum absolute atomic E-state index is 11.5. The van der Waals surface area contributed by atoms with Gasteiger partial charge in [-0.25, -0.2) is 4.79 Å². The first-order valence-electron chi connectivity index (χ1n) is 4.51. The van der Waals surface area contributed by atoms with Crippen molar-refractivity contribution in [2.24, 2.45) is 0 Å². The summed E-state index contributed by atoms with van der Waals surface area (Å²) < 4.78 is 9.70. The largest absolute Gasteiger partial charge is 0.475 e. The minimum Gasteiger partial charge on any atom is -0.475 e. The first-order valence-corrected chi connectivity index (χ1v) is 4.51. The molecule has 0 radical (unpaired) electrons. The number of aromatic carboxylic acids is 1. The molecule has 0 unspecified atom stereocenters. The van der Waals surface area contributed by atoms with Gasteiger partial charge in [0, 0.05) is 6.92 Å². The standard InChI is InChI=1S/C9H7N3O5/c1-4-11-12-9(16-4)10-7(13)5-2-3-6(17-5)8(14)15/h2-3H,1H3,(H,14,15)(H,10,12,13). The fourth-order valence-corrected chi connectivity index (χ4v) is 1.08. The van der Waals surface area contributed by atoms with Gasteiger partial charge in [0.1, 0.15) is 0 Å². The molecule has 2 heterocycles. The highest BCUT2D eigenvalue weighted by Gasteiger charge is 2.16. The van der Waals surface area contributed by atoms with Crippen molar-refractivity contribution >= 4 is 17.9 Å². The number of anilines is 1. The van der Waals surface area contributed by atoms with Crippen molar-refractivity contribution in [2.45, 2.75) is 6.92 Å². The molecule has 2 aromatic heterocycles. The highest BCUT2D eigenvalue weighted by atomic mass is 16.4. The van der Waals surface area contributed by atoms with E-state index >= 15 is 0 Å². The molecule has 0 aliphatic carbocycles. The first-order chi connectivity index (χ1) is 8.06. The zero-order valence-corrected chi connectivity index (χ0v) is 8.63. The number of nitrogens with zero attached hydrogens (tertiary/aromatic N) is 2. The van der Waals surface area contributed by atoms with Crippen LogP contribution in [-0.4, -0.2) is 27.2 Å². The molecular weight excluding hydrogens is 230 g/mol. The quantitative estimate of drug-likeness (QED) is 0.814. The molecule has 0 aromatic carbocycles. The number of nitrogens with one attached hydrogen (secondary N) is 1. The van der Waals surface area contributed by atoms with Crippen molar-refractivity contribution in [1.82, 2.24) is 10.2 Å². The van der Waals surface area contributed by atoms with Gasteiger partial charge in [0.05, 0.1) is 0 Å². The van der Waals surface area contributed by atoms with Crippen molar-refractivity contribution in [3.8, 4) is 0 Å². The Balaban J connectivity index is 2.11. The summed E-state index contributed by atoms with van der Waals surface area (Å²) in [6.07, 6.45) is 0. The Morgan fingerprint density at radius 1 is 1.24 bits per heavy atom. The SMILES string of the molecule is Cc1nnc(NC(=O)c2ccc(C(=O)O)o2)o1. The highest BCUT2D eigenvalue weighted by molar-refractivity contribution is 6.01. The zero-order chi connectivity index (χ0) is 12.4. The minimum absolute atomic E-state index is 0.0826. The van der Waals surface area contributed by atoms with Crippen LogP contribution in [0, 0.1) is 6.92 Å². The van der Waals surface area contributed by atoms with Crippen LogP contribution in [0.25, 0.3) is 0 Å². The molecule has 2 rings (SSSR count). The lowest BCUT2D eigenvalue weighted by Gasteiger charge is -1.95. The third-order valence-electron chi connectivity index (χ3n) is 1.79. The predicted molar refractivity (Wildman–Crippen MR) is 52.7 cm³/mol. The molecule has 0 atom stereocenters. The topological polar surface area (TPSA) is 118 Å². The van der Waals surface area contributed by atoms with Gasteiger partial charge >= 0.3 is 12.0 Å². The number of carboxylic acids is 1. The number of carboxylic acid groups (broad SMARTS) is 1. The third-order valence-corrected chi connectivity index (χ3v) is 1.79. The zero-order valence-electron chi connectivity index (χ0n) is 8.63. The van der Waals surface area contributed by atoms with Crippen LogP contribution in [0.15, 0.2) is 21.0 Å². The van der Waals surface area contributed by atoms with E-state index in [-0.39, 0.29) is 17.5 Å². The molecule has 0 spiro atoms. The smallest absolute Gasteiger partial charge is 0.371 e.